The second kappa shape index (κ2) is 7.75. The molecule has 6 heteroatoms. The lowest BCUT2D eigenvalue weighted by Gasteiger charge is -2.34. The zero-order chi connectivity index (χ0) is 15.2. The van der Waals surface area contributed by atoms with Gasteiger partial charge in [-0.2, -0.15) is 0 Å². The van der Waals surface area contributed by atoms with Gasteiger partial charge in [0.15, 0.2) is 5.78 Å². The van der Waals surface area contributed by atoms with Gasteiger partial charge >= 0.3 is 6.03 Å². The number of ketones is 1. The predicted molar refractivity (Wildman–Crippen MR) is 78.1 cm³/mol. The van der Waals surface area contributed by atoms with Gasteiger partial charge in [0, 0.05) is 32.2 Å². The number of carbonyl (C=O) groups excluding carboxylic acids is 2. The molecule has 2 fully saturated rings. The van der Waals surface area contributed by atoms with E-state index in [0.717, 1.165) is 12.8 Å². The normalized spacial score (nSPS) is 22.1. The minimum absolute atomic E-state index is 0.0807. The first kappa shape index (κ1) is 16.2. The molecule has 0 aromatic rings. The molecule has 0 radical (unpaired) electrons. The van der Waals surface area contributed by atoms with Gasteiger partial charge in [-0.25, -0.2) is 4.79 Å². The molecule has 0 saturated carbocycles. The Labute approximate surface area is 126 Å². The Hall–Kier alpha value is -1.14. The van der Waals surface area contributed by atoms with Gasteiger partial charge in [-0.05, 0) is 18.8 Å². The summed E-state index contributed by atoms with van der Waals surface area (Å²) in [5, 5.41) is 2.96. The van der Waals surface area contributed by atoms with Crippen molar-refractivity contribution in [3.63, 3.8) is 0 Å². The van der Waals surface area contributed by atoms with Gasteiger partial charge < -0.3 is 19.7 Å². The van der Waals surface area contributed by atoms with E-state index in [2.05, 4.69) is 5.32 Å². The number of carbonyl (C=O) groups is 2. The maximum atomic E-state index is 12.5. The average Bonchev–Trinajstić information content (AvgIpc) is 2.53. The minimum Gasteiger partial charge on any atom is -0.381 e. The first-order valence-electron chi connectivity index (χ1n) is 7.84. The second-order valence-electron chi connectivity index (χ2n) is 6.03. The fourth-order valence-electron chi connectivity index (χ4n) is 2.82. The number of ether oxygens (including phenoxy) is 2. The lowest BCUT2D eigenvalue weighted by Crippen LogP contribution is -2.54. The maximum absolute atomic E-state index is 12.5. The van der Waals surface area contributed by atoms with E-state index in [-0.39, 0.29) is 23.7 Å². The molecule has 2 saturated heterocycles. The van der Waals surface area contributed by atoms with Crippen LogP contribution in [0.4, 0.5) is 4.79 Å². The van der Waals surface area contributed by atoms with Crippen molar-refractivity contribution in [2.45, 2.75) is 32.7 Å². The Balaban J connectivity index is 2.00. The van der Waals surface area contributed by atoms with Crippen LogP contribution in [0.25, 0.3) is 0 Å². The SMILES string of the molecule is CC(C)C(=O)[C@@H](NC(=O)N1CCOCC1)C1CCOCC1. The molecule has 1 atom stereocenters. The molecule has 0 aromatic heterocycles. The average molecular weight is 298 g/mol. The molecule has 0 spiro atoms. The van der Waals surface area contributed by atoms with Crippen LogP contribution in [0.2, 0.25) is 0 Å². The number of urea groups is 1. The summed E-state index contributed by atoms with van der Waals surface area (Å²) in [4.78, 5) is 26.5. The molecule has 21 heavy (non-hydrogen) atoms. The first-order valence-corrected chi connectivity index (χ1v) is 7.84. The fourth-order valence-corrected chi connectivity index (χ4v) is 2.82. The molecule has 6 nitrogen and oxygen atoms in total. The topological polar surface area (TPSA) is 67.9 Å². The van der Waals surface area contributed by atoms with Gasteiger partial charge in [0.2, 0.25) is 0 Å². The third-order valence-corrected chi connectivity index (χ3v) is 4.19. The van der Waals surface area contributed by atoms with Crippen LogP contribution in [0.1, 0.15) is 26.7 Å². The summed E-state index contributed by atoms with van der Waals surface area (Å²) in [7, 11) is 0. The zero-order valence-electron chi connectivity index (χ0n) is 13.0. The second-order valence-corrected chi connectivity index (χ2v) is 6.03. The van der Waals surface area contributed by atoms with E-state index in [1.54, 1.807) is 4.90 Å². The van der Waals surface area contributed by atoms with Crippen molar-refractivity contribution in [2.75, 3.05) is 39.5 Å². The number of hydrogen-bond acceptors (Lipinski definition) is 4. The van der Waals surface area contributed by atoms with E-state index in [1.807, 2.05) is 13.8 Å². The molecule has 1 N–H and O–H groups in total. The van der Waals surface area contributed by atoms with Crippen LogP contribution in [0.3, 0.4) is 0 Å². The van der Waals surface area contributed by atoms with E-state index in [9.17, 15) is 9.59 Å². The molecule has 2 amide bonds. The molecule has 0 unspecified atom stereocenters. The van der Waals surface area contributed by atoms with Crippen molar-refractivity contribution in [3.05, 3.63) is 0 Å². The molecular weight excluding hydrogens is 272 g/mol. The third-order valence-electron chi connectivity index (χ3n) is 4.19. The molecule has 0 aromatic carbocycles. The van der Waals surface area contributed by atoms with Crippen LogP contribution in [0, 0.1) is 11.8 Å². The van der Waals surface area contributed by atoms with Gasteiger partial charge in [0.05, 0.1) is 19.3 Å². The van der Waals surface area contributed by atoms with Gasteiger partial charge in [-0.15, -0.1) is 0 Å². The fraction of sp³-hybridized carbons (Fsp3) is 0.867. The number of nitrogens with one attached hydrogen (secondary N) is 1. The standard InChI is InChI=1S/C15H26N2O4/c1-11(2)14(18)13(12-3-7-20-8-4-12)16-15(19)17-5-9-21-10-6-17/h11-13H,3-10H2,1-2H3,(H,16,19)/t13-/m0/s1. The Morgan fingerprint density at radius 3 is 2.19 bits per heavy atom. The van der Waals surface area contributed by atoms with E-state index in [4.69, 9.17) is 9.47 Å². The third kappa shape index (κ3) is 4.41. The number of hydrogen-bond donors (Lipinski definition) is 1. The highest BCUT2D eigenvalue weighted by Gasteiger charge is 2.33. The molecule has 0 bridgehead atoms. The molecule has 2 heterocycles. The largest absolute Gasteiger partial charge is 0.381 e. The van der Waals surface area contributed by atoms with E-state index in [1.165, 1.54) is 0 Å². The molecular formula is C15H26N2O4. The van der Waals surface area contributed by atoms with Crippen LogP contribution in [-0.2, 0) is 14.3 Å². The van der Waals surface area contributed by atoms with Crippen LogP contribution >= 0.6 is 0 Å². The van der Waals surface area contributed by atoms with Crippen LogP contribution in [0.5, 0.6) is 0 Å². The first-order chi connectivity index (χ1) is 10.1. The van der Waals surface area contributed by atoms with Crippen LogP contribution in [-0.4, -0.2) is 62.3 Å². The van der Waals surface area contributed by atoms with Crippen LogP contribution in [0.15, 0.2) is 0 Å². The molecule has 0 aliphatic carbocycles. The maximum Gasteiger partial charge on any atom is 0.318 e. The highest BCUT2D eigenvalue weighted by molar-refractivity contribution is 5.90. The Bertz CT molecular complexity index is 361. The Kier molecular flexibility index (Phi) is 5.99. The number of morpholine rings is 1. The molecule has 2 rings (SSSR count). The van der Waals surface area contributed by atoms with E-state index in [0.29, 0.717) is 39.5 Å². The number of nitrogens with zero attached hydrogens (tertiary/aromatic N) is 1. The Morgan fingerprint density at radius 2 is 1.62 bits per heavy atom. The quantitative estimate of drug-likeness (QED) is 0.842. The number of Topliss-reactive ketones (excluding diaryl/α,β-unsaturated/α-hetero) is 1. The summed E-state index contributed by atoms with van der Waals surface area (Å²) in [6.07, 6.45) is 1.65. The Morgan fingerprint density at radius 1 is 1.05 bits per heavy atom. The zero-order valence-corrected chi connectivity index (χ0v) is 13.0. The summed E-state index contributed by atoms with van der Waals surface area (Å²) in [6.45, 7) is 7.40. The van der Waals surface area contributed by atoms with E-state index < -0.39 is 6.04 Å². The van der Waals surface area contributed by atoms with Crippen molar-refractivity contribution >= 4 is 11.8 Å². The van der Waals surface area contributed by atoms with Gasteiger partial charge in [-0.3, -0.25) is 4.79 Å². The predicted octanol–water partition coefficient (Wildman–Crippen LogP) is 1.05. The number of rotatable bonds is 4. The van der Waals surface area contributed by atoms with Crippen molar-refractivity contribution in [2.24, 2.45) is 11.8 Å². The van der Waals surface area contributed by atoms with Gasteiger partial charge in [0.1, 0.15) is 0 Å². The molecule has 120 valence electrons. The highest BCUT2D eigenvalue weighted by atomic mass is 16.5. The summed E-state index contributed by atoms with van der Waals surface area (Å²) in [6, 6.07) is -0.548. The summed E-state index contributed by atoms with van der Waals surface area (Å²) >= 11 is 0. The van der Waals surface area contributed by atoms with Crippen molar-refractivity contribution < 1.29 is 19.1 Å². The number of amides is 2. The van der Waals surface area contributed by atoms with Crippen molar-refractivity contribution in [1.82, 2.24) is 10.2 Å². The monoisotopic (exact) mass is 298 g/mol. The minimum atomic E-state index is -0.399. The summed E-state index contributed by atoms with van der Waals surface area (Å²) in [5.41, 5.74) is 0. The molecule has 2 aliphatic rings. The summed E-state index contributed by atoms with van der Waals surface area (Å²) in [5.74, 6) is 0.213. The van der Waals surface area contributed by atoms with Crippen molar-refractivity contribution in [1.29, 1.82) is 0 Å². The smallest absolute Gasteiger partial charge is 0.318 e. The van der Waals surface area contributed by atoms with Gasteiger partial charge in [-0.1, -0.05) is 13.8 Å². The lowest BCUT2D eigenvalue weighted by atomic mass is 9.85. The van der Waals surface area contributed by atoms with Crippen molar-refractivity contribution in [3.8, 4) is 0 Å². The van der Waals surface area contributed by atoms with E-state index >= 15 is 0 Å². The molecule has 2 aliphatic heterocycles. The van der Waals surface area contributed by atoms with Gasteiger partial charge in [0.25, 0.3) is 0 Å². The highest BCUT2D eigenvalue weighted by Crippen LogP contribution is 2.21. The summed E-state index contributed by atoms with van der Waals surface area (Å²) < 4.78 is 10.6. The lowest BCUT2D eigenvalue weighted by molar-refractivity contribution is -0.126. The van der Waals surface area contributed by atoms with Crippen LogP contribution < -0.4 is 5.32 Å².